The van der Waals surface area contributed by atoms with Crippen molar-refractivity contribution in [1.29, 1.82) is 0 Å². The summed E-state index contributed by atoms with van der Waals surface area (Å²) in [7, 11) is 1.78. The molecule has 0 radical (unpaired) electrons. The lowest BCUT2D eigenvalue weighted by molar-refractivity contribution is -0.121. The first kappa shape index (κ1) is 15.3. The third kappa shape index (κ3) is 2.71. The number of nitrogens with zero attached hydrogens (tertiary/aromatic N) is 4. The second-order valence-corrected chi connectivity index (χ2v) is 6.69. The van der Waals surface area contributed by atoms with Gasteiger partial charge in [0.1, 0.15) is 11.6 Å². The Morgan fingerprint density at radius 3 is 2.68 bits per heavy atom. The van der Waals surface area contributed by atoms with Crippen LogP contribution < -0.4 is 4.90 Å². The van der Waals surface area contributed by atoms with Crippen molar-refractivity contribution in [1.82, 2.24) is 14.8 Å². The molecule has 2 heterocycles. The molecule has 0 N–H and O–H groups in total. The van der Waals surface area contributed by atoms with Crippen LogP contribution in [0.4, 0.5) is 5.69 Å². The van der Waals surface area contributed by atoms with Gasteiger partial charge in [0.25, 0.3) is 0 Å². The molecule has 1 aromatic heterocycles. The van der Waals surface area contributed by atoms with Crippen molar-refractivity contribution < 1.29 is 9.59 Å². The Labute approximate surface area is 140 Å². The largest absolute Gasteiger partial charge is 0.312 e. The van der Waals surface area contributed by atoms with E-state index in [1.807, 2.05) is 0 Å². The fourth-order valence-electron chi connectivity index (χ4n) is 2.10. The number of imide groups is 1. The molecule has 1 aliphatic rings. The number of hydrogen-bond donors (Lipinski definition) is 0. The number of carbonyl (C=O) groups excluding carboxylic acids is 2. The number of aromatic nitrogens is 3. The number of carbonyl (C=O) groups is 2. The summed E-state index contributed by atoms with van der Waals surface area (Å²) in [5.74, 6) is -0.570. The minimum atomic E-state index is -0.523. The first-order chi connectivity index (χ1) is 10.5. The highest BCUT2D eigenvalue weighted by Crippen LogP contribution is 2.35. The summed E-state index contributed by atoms with van der Waals surface area (Å²) >= 11 is 13.0. The van der Waals surface area contributed by atoms with E-state index in [1.54, 1.807) is 30.1 Å². The summed E-state index contributed by atoms with van der Waals surface area (Å²) in [6.07, 6.45) is 1.65. The van der Waals surface area contributed by atoms with Crippen LogP contribution in [0.1, 0.15) is 6.42 Å². The molecular weight excluding hydrogens is 347 g/mol. The zero-order valence-electron chi connectivity index (χ0n) is 11.4. The van der Waals surface area contributed by atoms with Crippen LogP contribution in [0.25, 0.3) is 0 Å². The molecule has 0 aliphatic carbocycles. The van der Waals surface area contributed by atoms with Gasteiger partial charge in [-0.15, -0.1) is 10.2 Å². The summed E-state index contributed by atoms with van der Waals surface area (Å²) in [4.78, 5) is 25.8. The van der Waals surface area contributed by atoms with Crippen LogP contribution in [0.15, 0.2) is 29.7 Å². The van der Waals surface area contributed by atoms with Gasteiger partial charge in [-0.2, -0.15) is 0 Å². The highest BCUT2D eigenvalue weighted by molar-refractivity contribution is 8.00. The molecule has 1 aromatic carbocycles. The smallest absolute Gasteiger partial charge is 0.247 e. The van der Waals surface area contributed by atoms with Gasteiger partial charge < -0.3 is 4.57 Å². The fraction of sp³-hybridized carbons (Fsp3) is 0.231. The molecule has 1 aliphatic heterocycles. The summed E-state index contributed by atoms with van der Waals surface area (Å²) in [5.41, 5.74) is 0.422. The van der Waals surface area contributed by atoms with Crippen molar-refractivity contribution in [2.24, 2.45) is 7.05 Å². The van der Waals surface area contributed by atoms with Gasteiger partial charge in [-0.25, -0.2) is 4.90 Å². The van der Waals surface area contributed by atoms with Crippen molar-refractivity contribution >= 4 is 52.5 Å². The summed E-state index contributed by atoms with van der Waals surface area (Å²) < 4.78 is 1.70. The average Bonchev–Trinajstić information content (AvgIpc) is 2.99. The van der Waals surface area contributed by atoms with Crippen LogP contribution >= 0.6 is 35.0 Å². The quantitative estimate of drug-likeness (QED) is 0.790. The Morgan fingerprint density at radius 2 is 2.05 bits per heavy atom. The molecule has 0 spiro atoms. The van der Waals surface area contributed by atoms with Crippen molar-refractivity contribution in [3.63, 3.8) is 0 Å². The maximum absolute atomic E-state index is 12.5. The van der Waals surface area contributed by atoms with Crippen molar-refractivity contribution in [2.45, 2.75) is 16.8 Å². The van der Waals surface area contributed by atoms with Gasteiger partial charge >= 0.3 is 0 Å². The molecule has 6 nitrogen and oxygen atoms in total. The lowest BCUT2D eigenvalue weighted by Gasteiger charge is -2.15. The van der Waals surface area contributed by atoms with Gasteiger partial charge in [0, 0.05) is 13.5 Å². The van der Waals surface area contributed by atoms with E-state index in [9.17, 15) is 9.59 Å². The van der Waals surface area contributed by atoms with Gasteiger partial charge in [-0.3, -0.25) is 9.59 Å². The van der Waals surface area contributed by atoms with Crippen molar-refractivity contribution in [3.05, 3.63) is 34.6 Å². The molecule has 1 unspecified atom stereocenters. The van der Waals surface area contributed by atoms with Gasteiger partial charge in [-0.05, 0) is 18.2 Å². The highest BCUT2D eigenvalue weighted by atomic mass is 35.5. The molecule has 22 heavy (non-hydrogen) atoms. The topological polar surface area (TPSA) is 68.1 Å². The fourth-order valence-corrected chi connectivity index (χ4v) is 3.38. The predicted octanol–water partition coefficient (Wildman–Crippen LogP) is 2.55. The van der Waals surface area contributed by atoms with E-state index < -0.39 is 5.25 Å². The second kappa shape index (κ2) is 5.91. The monoisotopic (exact) mass is 356 g/mol. The Kier molecular flexibility index (Phi) is 4.12. The number of thioether (sulfide) groups is 1. The maximum atomic E-state index is 12.5. The third-order valence-corrected chi connectivity index (χ3v) is 5.16. The van der Waals surface area contributed by atoms with Gasteiger partial charge in [-0.1, -0.05) is 35.0 Å². The zero-order chi connectivity index (χ0) is 15.9. The Morgan fingerprint density at radius 1 is 1.27 bits per heavy atom. The number of hydrogen-bond acceptors (Lipinski definition) is 5. The first-order valence-electron chi connectivity index (χ1n) is 6.30. The van der Waals surface area contributed by atoms with Crippen LogP contribution in [0, 0.1) is 0 Å². The van der Waals surface area contributed by atoms with Crippen LogP contribution in [-0.4, -0.2) is 31.8 Å². The summed E-state index contributed by atoms with van der Waals surface area (Å²) in [6, 6.07) is 4.66. The molecule has 0 bridgehead atoms. The third-order valence-electron chi connectivity index (χ3n) is 3.18. The summed E-state index contributed by atoms with van der Waals surface area (Å²) in [6.45, 7) is 0. The molecule has 2 amide bonds. The van der Waals surface area contributed by atoms with Crippen molar-refractivity contribution in [2.75, 3.05) is 4.90 Å². The van der Waals surface area contributed by atoms with E-state index in [1.165, 1.54) is 17.8 Å². The standard InChI is InChI=1S/C13H10Cl2N4O2S/c1-18-6-16-17-13(18)22-10-5-11(20)19(12(10)21)7-2-3-8(14)9(15)4-7/h2-4,6,10H,5H2,1H3. The number of amides is 2. The van der Waals surface area contributed by atoms with Gasteiger partial charge in [0.15, 0.2) is 5.16 Å². The molecule has 1 fully saturated rings. The average molecular weight is 357 g/mol. The van der Waals surface area contributed by atoms with E-state index in [0.29, 0.717) is 20.9 Å². The molecule has 2 aromatic rings. The molecule has 0 saturated carbocycles. The predicted molar refractivity (Wildman–Crippen MR) is 84.2 cm³/mol. The van der Waals surface area contributed by atoms with Crippen molar-refractivity contribution in [3.8, 4) is 0 Å². The second-order valence-electron chi connectivity index (χ2n) is 4.70. The van der Waals surface area contributed by atoms with Crippen LogP contribution in [0.5, 0.6) is 0 Å². The van der Waals surface area contributed by atoms with Gasteiger partial charge in [0.05, 0.1) is 15.7 Å². The maximum Gasteiger partial charge on any atom is 0.247 e. The number of anilines is 1. The minimum Gasteiger partial charge on any atom is -0.312 e. The van der Waals surface area contributed by atoms with Crippen LogP contribution in [-0.2, 0) is 16.6 Å². The molecule has 1 atom stereocenters. The minimum absolute atomic E-state index is 0.108. The van der Waals surface area contributed by atoms with Crippen LogP contribution in [0.2, 0.25) is 10.0 Å². The molecule has 3 rings (SSSR count). The van der Waals surface area contributed by atoms with E-state index >= 15 is 0 Å². The summed E-state index contributed by atoms with van der Waals surface area (Å²) in [5, 5.41) is 8.40. The Balaban J connectivity index is 1.85. The molecule has 114 valence electrons. The Bertz CT molecular complexity index is 764. The number of benzene rings is 1. The van der Waals surface area contributed by atoms with E-state index in [4.69, 9.17) is 23.2 Å². The number of halogens is 2. The SMILES string of the molecule is Cn1cnnc1SC1CC(=O)N(c2ccc(Cl)c(Cl)c2)C1=O. The number of rotatable bonds is 3. The van der Waals surface area contributed by atoms with E-state index in [2.05, 4.69) is 10.2 Å². The molecule has 1 saturated heterocycles. The normalized spacial score (nSPS) is 18.3. The van der Waals surface area contributed by atoms with Gasteiger partial charge in [0.2, 0.25) is 11.8 Å². The highest BCUT2D eigenvalue weighted by Gasteiger charge is 2.41. The van der Waals surface area contributed by atoms with E-state index in [-0.39, 0.29) is 18.2 Å². The van der Waals surface area contributed by atoms with E-state index in [0.717, 1.165) is 4.90 Å². The zero-order valence-corrected chi connectivity index (χ0v) is 13.7. The molecular formula is C13H10Cl2N4O2S. The number of aryl methyl sites for hydroxylation is 1. The lowest BCUT2D eigenvalue weighted by atomic mass is 10.3. The molecule has 9 heteroatoms. The van der Waals surface area contributed by atoms with Crippen LogP contribution in [0.3, 0.4) is 0 Å². The Hall–Kier alpha value is -1.57. The first-order valence-corrected chi connectivity index (χ1v) is 7.93. The lowest BCUT2D eigenvalue weighted by Crippen LogP contribution is -2.31.